The lowest BCUT2D eigenvalue weighted by atomic mass is 10.1. The van der Waals surface area contributed by atoms with Gasteiger partial charge in [-0.15, -0.1) is 0 Å². The van der Waals surface area contributed by atoms with E-state index in [-0.39, 0.29) is 11.5 Å². The average molecular weight is 312 g/mol. The van der Waals surface area contributed by atoms with Gasteiger partial charge in [0.15, 0.2) is 0 Å². The Kier molecular flexibility index (Phi) is 8.56. The lowest BCUT2D eigenvalue weighted by Crippen LogP contribution is -2.46. The maximum atomic E-state index is 12.3. The molecule has 20 heavy (non-hydrogen) atoms. The Morgan fingerprint density at radius 2 is 2.15 bits per heavy atom. The van der Waals surface area contributed by atoms with Crippen molar-refractivity contribution in [3.8, 4) is 0 Å². The van der Waals surface area contributed by atoms with Gasteiger partial charge in [-0.2, -0.15) is 13.2 Å². The van der Waals surface area contributed by atoms with E-state index in [1.54, 1.807) is 6.92 Å². The highest BCUT2D eigenvalue weighted by molar-refractivity contribution is 8.16. The molecular weight excluding hydrogens is 293 g/mol. The fourth-order valence-corrected chi connectivity index (χ4v) is 2.03. The Hall–Kier alpha value is -1.02. The van der Waals surface area contributed by atoms with Crippen molar-refractivity contribution in [1.82, 2.24) is 5.32 Å². The van der Waals surface area contributed by atoms with Crippen molar-refractivity contribution in [3.63, 3.8) is 0 Å². The van der Waals surface area contributed by atoms with Crippen LogP contribution in [0.1, 0.15) is 26.2 Å². The molecule has 2 atom stereocenters. The number of aliphatic hydroxyl groups is 1. The summed E-state index contributed by atoms with van der Waals surface area (Å²) in [6.07, 6.45) is -7.01. The molecule has 0 aromatic rings. The van der Waals surface area contributed by atoms with Crippen LogP contribution in [0.15, 0.2) is 17.0 Å². The standard InChI is InChI=1S/C12H19F3N2O2S/c1-4-9(18)17-8(6-7-12(13,14)15)10(19)11(16-3)20-5-2/h5,8,10,19H,2,4,6-7H2,1,3H3,(H,17,18). The monoisotopic (exact) mass is 312 g/mol. The van der Waals surface area contributed by atoms with Gasteiger partial charge in [0, 0.05) is 19.9 Å². The topological polar surface area (TPSA) is 61.7 Å². The van der Waals surface area contributed by atoms with Crippen molar-refractivity contribution in [2.24, 2.45) is 4.99 Å². The van der Waals surface area contributed by atoms with Crippen LogP contribution in [0, 0.1) is 0 Å². The van der Waals surface area contributed by atoms with Gasteiger partial charge in [-0.05, 0) is 11.8 Å². The van der Waals surface area contributed by atoms with E-state index >= 15 is 0 Å². The summed E-state index contributed by atoms with van der Waals surface area (Å²) >= 11 is 1.01. The van der Waals surface area contributed by atoms with Crippen molar-refractivity contribution in [1.29, 1.82) is 0 Å². The second-order valence-electron chi connectivity index (χ2n) is 3.97. The van der Waals surface area contributed by atoms with Crippen LogP contribution in [0.3, 0.4) is 0 Å². The predicted molar refractivity (Wildman–Crippen MR) is 74.7 cm³/mol. The molecule has 116 valence electrons. The Morgan fingerprint density at radius 1 is 1.55 bits per heavy atom. The number of nitrogens with one attached hydrogen (secondary N) is 1. The largest absolute Gasteiger partial charge is 0.389 e. The number of alkyl halides is 3. The van der Waals surface area contributed by atoms with E-state index in [4.69, 9.17) is 0 Å². The molecule has 0 saturated heterocycles. The summed E-state index contributed by atoms with van der Waals surface area (Å²) in [5.41, 5.74) is 0. The fourth-order valence-electron chi connectivity index (χ4n) is 1.45. The van der Waals surface area contributed by atoms with Gasteiger partial charge in [0.1, 0.15) is 11.1 Å². The number of amides is 1. The average Bonchev–Trinajstić information content (AvgIpc) is 2.38. The number of rotatable bonds is 7. The van der Waals surface area contributed by atoms with Crippen LogP contribution >= 0.6 is 11.8 Å². The number of nitrogens with zero attached hydrogens (tertiary/aromatic N) is 1. The summed E-state index contributed by atoms with van der Waals surface area (Å²) in [6.45, 7) is 5.04. The summed E-state index contributed by atoms with van der Waals surface area (Å²) < 4.78 is 36.9. The third-order valence-corrected chi connectivity index (χ3v) is 3.30. The van der Waals surface area contributed by atoms with E-state index < -0.39 is 37.1 Å². The lowest BCUT2D eigenvalue weighted by Gasteiger charge is -2.25. The van der Waals surface area contributed by atoms with Gasteiger partial charge >= 0.3 is 6.18 Å². The van der Waals surface area contributed by atoms with E-state index in [9.17, 15) is 23.1 Å². The van der Waals surface area contributed by atoms with Gasteiger partial charge in [-0.1, -0.05) is 25.3 Å². The maximum absolute atomic E-state index is 12.3. The highest BCUT2D eigenvalue weighted by Crippen LogP contribution is 2.24. The second-order valence-corrected chi connectivity index (χ2v) is 4.96. The molecule has 8 heteroatoms. The third kappa shape index (κ3) is 7.54. The molecule has 2 unspecified atom stereocenters. The molecule has 0 saturated carbocycles. The predicted octanol–water partition coefficient (Wildman–Crippen LogP) is 2.49. The zero-order valence-electron chi connectivity index (χ0n) is 11.4. The van der Waals surface area contributed by atoms with Gasteiger partial charge in [0.25, 0.3) is 0 Å². The number of halogens is 3. The molecule has 0 heterocycles. The Bertz CT molecular complexity index is 359. The highest BCUT2D eigenvalue weighted by Gasteiger charge is 2.32. The van der Waals surface area contributed by atoms with Gasteiger partial charge in [-0.25, -0.2) is 0 Å². The molecule has 0 rings (SSSR count). The van der Waals surface area contributed by atoms with Crippen molar-refractivity contribution in [3.05, 3.63) is 12.0 Å². The quantitative estimate of drug-likeness (QED) is 0.561. The zero-order valence-corrected chi connectivity index (χ0v) is 12.2. The Labute approximate surface area is 120 Å². The molecule has 0 radical (unpaired) electrons. The van der Waals surface area contributed by atoms with Crippen LogP contribution in [0.2, 0.25) is 0 Å². The molecular formula is C12H19F3N2O2S. The minimum atomic E-state index is -4.34. The zero-order chi connectivity index (χ0) is 15.8. The minimum Gasteiger partial charge on any atom is -0.384 e. The van der Waals surface area contributed by atoms with Crippen LogP contribution in [-0.2, 0) is 4.79 Å². The van der Waals surface area contributed by atoms with Gasteiger partial charge in [0.2, 0.25) is 5.91 Å². The van der Waals surface area contributed by atoms with Gasteiger partial charge < -0.3 is 10.4 Å². The molecule has 0 aliphatic carbocycles. The first-order valence-electron chi connectivity index (χ1n) is 6.03. The summed E-state index contributed by atoms with van der Waals surface area (Å²) in [5.74, 6) is -0.421. The summed E-state index contributed by atoms with van der Waals surface area (Å²) in [6, 6.07) is -1.03. The number of aliphatic hydroxyl groups excluding tert-OH is 1. The lowest BCUT2D eigenvalue weighted by molar-refractivity contribution is -0.139. The van der Waals surface area contributed by atoms with E-state index in [2.05, 4.69) is 16.9 Å². The molecule has 0 aromatic carbocycles. The number of aliphatic imine (C=N–C) groups is 1. The van der Waals surface area contributed by atoms with E-state index in [1.165, 1.54) is 12.5 Å². The molecule has 0 fully saturated rings. The van der Waals surface area contributed by atoms with Crippen LogP contribution in [-0.4, -0.2) is 41.4 Å². The van der Waals surface area contributed by atoms with Crippen LogP contribution in [0.4, 0.5) is 13.2 Å². The molecule has 0 bridgehead atoms. The molecule has 0 spiro atoms. The smallest absolute Gasteiger partial charge is 0.384 e. The maximum Gasteiger partial charge on any atom is 0.389 e. The van der Waals surface area contributed by atoms with Gasteiger partial charge in [0.05, 0.1) is 6.04 Å². The summed E-state index contributed by atoms with van der Waals surface area (Å²) in [7, 11) is 1.41. The van der Waals surface area contributed by atoms with E-state index in [0.29, 0.717) is 0 Å². The first-order valence-corrected chi connectivity index (χ1v) is 6.91. The van der Waals surface area contributed by atoms with Crippen molar-refractivity contribution < 1.29 is 23.1 Å². The second kappa shape index (κ2) is 9.02. The minimum absolute atomic E-state index is 0.127. The normalized spacial score (nSPS) is 15.6. The molecule has 2 N–H and O–H groups in total. The molecule has 1 amide bonds. The SMILES string of the molecule is C=CSC(=NC)C(O)C(CCC(F)(F)F)NC(=O)CC. The Balaban J connectivity index is 4.89. The van der Waals surface area contributed by atoms with E-state index in [1.807, 2.05) is 0 Å². The molecule has 0 aliphatic rings. The number of hydrogen-bond donors (Lipinski definition) is 2. The number of thioether (sulfide) groups is 1. The van der Waals surface area contributed by atoms with E-state index in [0.717, 1.165) is 11.8 Å². The number of hydrogen-bond acceptors (Lipinski definition) is 4. The van der Waals surface area contributed by atoms with Crippen LogP contribution in [0.5, 0.6) is 0 Å². The summed E-state index contributed by atoms with van der Waals surface area (Å²) in [5, 5.41) is 14.1. The van der Waals surface area contributed by atoms with Crippen molar-refractivity contribution in [2.75, 3.05) is 7.05 Å². The molecule has 0 aliphatic heterocycles. The highest BCUT2D eigenvalue weighted by atomic mass is 32.2. The van der Waals surface area contributed by atoms with Gasteiger partial charge in [-0.3, -0.25) is 9.79 Å². The molecule has 4 nitrogen and oxygen atoms in total. The number of carbonyl (C=O) groups is 1. The first-order chi connectivity index (χ1) is 9.25. The fraction of sp³-hybridized carbons (Fsp3) is 0.667. The Morgan fingerprint density at radius 3 is 2.55 bits per heavy atom. The summed E-state index contributed by atoms with van der Waals surface area (Å²) in [4.78, 5) is 15.2. The number of carbonyl (C=O) groups excluding carboxylic acids is 1. The third-order valence-electron chi connectivity index (χ3n) is 2.46. The van der Waals surface area contributed by atoms with Crippen molar-refractivity contribution in [2.45, 2.75) is 44.5 Å². The van der Waals surface area contributed by atoms with Crippen LogP contribution in [0.25, 0.3) is 0 Å². The van der Waals surface area contributed by atoms with Crippen molar-refractivity contribution >= 4 is 22.7 Å². The van der Waals surface area contributed by atoms with Crippen LogP contribution < -0.4 is 5.32 Å². The molecule has 0 aromatic heterocycles. The first kappa shape index (κ1) is 19.0.